The number of aromatic nitrogens is 5. The van der Waals surface area contributed by atoms with Crippen molar-refractivity contribution in [3.05, 3.63) is 161 Å². The number of amides is 1. The molecule has 12 nitrogen and oxygen atoms in total. The summed E-state index contributed by atoms with van der Waals surface area (Å²) in [5.74, 6) is -0.826. The van der Waals surface area contributed by atoms with Crippen LogP contribution in [0.25, 0.3) is 33.5 Å². The number of aryl methyl sites for hydroxylation is 2. The maximum Gasteiger partial charge on any atom is 0.335 e. The van der Waals surface area contributed by atoms with Crippen LogP contribution < -0.4 is 16.0 Å². The number of hydrogen-bond donors (Lipinski definition) is 5. The first-order chi connectivity index (χ1) is 31.4. The molecule has 5 N–H and O–H groups in total. The van der Waals surface area contributed by atoms with Crippen LogP contribution in [0.5, 0.6) is 0 Å². The molecule has 65 heavy (non-hydrogen) atoms. The van der Waals surface area contributed by atoms with Gasteiger partial charge in [-0.15, -0.1) is 0 Å². The molecule has 0 radical (unpaired) electrons. The first kappa shape index (κ1) is 43.6. The average Bonchev–Trinajstić information content (AvgIpc) is 3.74. The number of carbonyl (C=O) groups is 2. The van der Waals surface area contributed by atoms with Gasteiger partial charge in [0.2, 0.25) is 0 Å². The number of fused-ring (bicyclic) bond motifs is 1. The number of piperidine rings is 1. The molecule has 2 saturated heterocycles. The number of anilines is 1. The summed E-state index contributed by atoms with van der Waals surface area (Å²) in [6, 6.07) is 31.9. The number of carboxylic acids is 1. The van der Waals surface area contributed by atoms with Gasteiger partial charge < -0.3 is 26.0 Å². The maximum absolute atomic E-state index is 13.9. The van der Waals surface area contributed by atoms with E-state index in [1.807, 2.05) is 67.8 Å². The van der Waals surface area contributed by atoms with Crippen molar-refractivity contribution in [3.8, 4) is 22.5 Å². The number of nitrogens with one attached hydrogen (secondary N) is 4. The molecule has 0 saturated carbocycles. The zero-order valence-corrected chi connectivity index (χ0v) is 37.7. The Balaban J connectivity index is 0.937. The van der Waals surface area contributed by atoms with Crippen molar-refractivity contribution >= 4 is 28.6 Å². The van der Waals surface area contributed by atoms with E-state index in [0.717, 1.165) is 90.3 Å². The summed E-state index contributed by atoms with van der Waals surface area (Å²) in [6.45, 7) is 14.8. The van der Waals surface area contributed by atoms with Crippen LogP contribution in [0.3, 0.4) is 0 Å². The van der Waals surface area contributed by atoms with Crippen molar-refractivity contribution in [2.75, 3.05) is 31.5 Å². The molecule has 0 aliphatic carbocycles. The highest BCUT2D eigenvalue weighted by Crippen LogP contribution is 2.49. The van der Waals surface area contributed by atoms with E-state index in [-0.39, 0.29) is 29.0 Å². The molecule has 1 amide bonds. The number of nitrogens with zero attached hydrogens (tertiary/aromatic N) is 5. The van der Waals surface area contributed by atoms with E-state index < -0.39 is 5.97 Å². The van der Waals surface area contributed by atoms with E-state index in [1.165, 1.54) is 23.0 Å². The minimum absolute atomic E-state index is 0.108. The molecule has 2 fully saturated rings. The standard InChI is InChI=1S/C53H57N9O3/c1-32-9-7-23-56-46(32)45-22-19-38(49(47-33(2)10-8-24-57-47)62(45)26-25-55-40-29-54-30-40)28-53(4,5)39-20-17-36(18-21-39)51(63)61-43-12-6-11-41(34(43)3)48-42-27-44(60-50(42)59-31-58-48)35-13-15-37(16-14-35)52(64)65/h6-18,20-21,23-24,27,31,38,40,45,49,54-55H,19,22,25-26,28-30H2,1-5H3,(H,61,63)(H,64,65)(H,58,59,60)/t38?,45-,49+/m0/s1. The number of benzene rings is 3. The molecule has 7 aromatic rings. The highest BCUT2D eigenvalue weighted by molar-refractivity contribution is 6.05. The lowest BCUT2D eigenvalue weighted by Crippen LogP contribution is -2.57. The maximum atomic E-state index is 13.9. The van der Waals surface area contributed by atoms with Crippen LogP contribution in [0.2, 0.25) is 0 Å². The van der Waals surface area contributed by atoms with Gasteiger partial charge in [0.05, 0.1) is 34.7 Å². The molecule has 3 aromatic carbocycles. The minimum Gasteiger partial charge on any atom is -0.478 e. The summed E-state index contributed by atoms with van der Waals surface area (Å²) < 4.78 is 0. The van der Waals surface area contributed by atoms with Gasteiger partial charge in [-0.25, -0.2) is 14.8 Å². The Morgan fingerprint density at radius 2 is 1.52 bits per heavy atom. The van der Waals surface area contributed by atoms with Gasteiger partial charge >= 0.3 is 5.97 Å². The fraction of sp³-hybridized carbons (Fsp3) is 0.321. The molecule has 2 aliphatic rings. The lowest BCUT2D eigenvalue weighted by Gasteiger charge is -2.48. The molecule has 6 heterocycles. The van der Waals surface area contributed by atoms with E-state index in [4.69, 9.17) is 9.97 Å². The highest BCUT2D eigenvalue weighted by Gasteiger charge is 2.43. The van der Waals surface area contributed by atoms with E-state index in [1.54, 1.807) is 24.3 Å². The van der Waals surface area contributed by atoms with Gasteiger partial charge in [0.15, 0.2) is 0 Å². The predicted octanol–water partition coefficient (Wildman–Crippen LogP) is 9.38. The number of H-pyrrole nitrogens is 1. The third-order valence-corrected chi connectivity index (χ3v) is 13.7. The number of carboxylic acid groups (broad SMARTS) is 1. The number of aromatic amines is 1. The summed E-state index contributed by atoms with van der Waals surface area (Å²) in [6.07, 6.45) is 8.42. The third kappa shape index (κ3) is 9.07. The van der Waals surface area contributed by atoms with E-state index in [9.17, 15) is 14.7 Å². The number of aromatic carboxylic acids is 1. The zero-order chi connectivity index (χ0) is 45.2. The van der Waals surface area contributed by atoms with Crippen molar-refractivity contribution in [2.45, 2.75) is 77.4 Å². The Kier molecular flexibility index (Phi) is 12.4. The van der Waals surface area contributed by atoms with Crippen LogP contribution in [-0.2, 0) is 5.41 Å². The Morgan fingerprint density at radius 3 is 2.20 bits per heavy atom. The van der Waals surface area contributed by atoms with Crippen LogP contribution in [0, 0.1) is 26.7 Å². The van der Waals surface area contributed by atoms with Gasteiger partial charge in [0.25, 0.3) is 5.91 Å². The van der Waals surface area contributed by atoms with Gasteiger partial charge in [0.1, 0.15) is 12.0 Å². The number of likely N-dealkylation sites (tertiary alicyclic amines) is 1. The molecule has 2 aliphatic heterocycles. The van der Waals surface area contributed by atoms with Crippen molar-refractivity contribution in [3.63, 3.8) is 0 Å². The molecule has 3 atom stereocenters. The van der Waals surface area contributed by atoms with Crippen molar-refractivity contribution in [2.24, 2.45) is 5.92 Å². The van der Waals surface area contributed by atoms with Crippen molar-refractivity contribution < 1.29 is 14.7 Å². The molecular weight excluding hydrogens is 811 g/mol. The number of carbonyl (C=O) groups excluding carboxylic acids is 1. The summed E-state index contributed by atoms with van der Waals surface area (Å²) in [4.78, 5) is 50.6. The van der Waals surface area contributed by atoms with Crippen LogP contribution in [0.15, 0.2) is 116 Å². The van der Waals surface area contributed by atoms with Crippen LogP contribution in [0.1, 0.15) is 99.6 Å². The molecule has 332 valence electrons. The SMILES string of the molecule is Cc1cccnc1[C@@H]1CCC(CC(C)(C)c2ccc(C(=O)Nc3cccc(-c4ncnc5[nH]c(-c6ccc(C(=O)O)cc6)cc45)c3C)cc2)[C@H](c2ncccc2C)N1CCNC1CNC1. The second-order valence-electron chi connectivity index (χ2n) is 18.4. The van der Waals surface area contributed by atoms with Crippen LogP contribution in [-0.4, -0.2) is 79.0 Å². The molecule has 1 unspecified atom stereocenters. The summed E-state index contributed by atoms with van der Waals surface area (Å²) in [5, 5.41) is 20.5. The van der Waals surface area contributed by atoms with Crippen molar-refractivity contribution in [1.29, 1.82) is 0 Å². The van der Waals surface area contributed by atoms with Gasteiger partial charge in [0, 0.05) is 72.5 Å². The number of hydrogen-bond acceptors (Lipinski definition) is 9. The summed E-state index contributed by atoms with van der Waals surface area (Å²) in [5.41, 5.74) is 12.0. The lowest BCUT2D eigenvalue weighted by molar-refractivity contribution is 0.0206. The normalized spacial score (nSPS) is 18.1. The van der Waals surface area contributed by atoms with E-state index in [0.29, 0.717) is 28.9 Å². The molecule has 4 aromatic heterocycles. The van der Waals surface area contributed by atoms with E-state index >= 15 is 0 Å². The summed E-state index contributed by atoms with van der Waals surface area (Å²) in [7, 11) is 0. The molecule has 0 bridgehead atoms. The van der Waals surface area contributed by atoms with Gasteiger partial charge in [-0.05, 0) is 128 Å². The lowest BCUT2D eigenvalue weighted by atomic mass is 9.70. The second kappa shape index (κ2) is 18.5. The smallest absolute Gasteiger partial charge is 0.335 e. The Hall–Kier alpha value is -6.60. The minimum atomic E-state index is -0.973. The van der Waals surface area contributed by atoms with Crippen LogP contribution in [0.4, 0.5) is 5.69 Å². The monoisotopic (exact) mass is 867 g/mol. The van der Waals surface area contributed by atoms with Crippen molar-refractivity contribution in [1.82, 2.24) is 40.5 Å². The largest absolute Gasteiger partial charge is 0.478 e. The molecule has 9 rings (SSSR count). The second-order valence-corrected chi connectivity index (χ2v) is 18.4. The first-order valence-electron chi connectivity index (χ1n) is 22.7. The Morgan fingerprint density at radius 1 is 0.815 bits per heavy atom. The highest BCUT2D eigenvalue weighted by atomic mass is 16.4. The Labute approximate surface area is 380 Å². The quantitative estimate of drug-likeness (QED) is 0.0713. The first-order valence-corrected chi connectivity index (χ1v) is 22.7. The van der Waals surface area contributed by atoms with Gasteiger partial charge in [-0.1, -0.05) is 62.4 Å². The fourth-order valence-electron chi connectivity index (χ4n) is 10.00. The fourth-order valence-corrected chi connectivity index (χ4v) is 10.00. The molecule has 0 spiro atoms. The van der Waals surface area contributed by atoms with Gasteiger partial charge in [-0.2, -0.15) is 0 Å². The van der Waals surface area contributed by atoms with Gasteiger partial charge in [-0.3, -0.25) is 19.7 Å². The summed E-state index contributed by atoms with van der Waals surface area (Å²) >= 11 is 0. The molecular formula is C53H57N9O3. The number of rotatable bonds is 14. The zero-order valence-electron chi connectivity index (χ0n) is 37.7. The number of pyridine rings is 2. The topological polar surface area (TPSA) is 161 Å². The predicted molar refractivity (Wildman–Crippen MR) is 256 cm³/mol. The van der Waals surface area contributed by atoms with Crippen LogP contribution >= 0.6 is 0 Å². The third-order valence-electron chi connectivity index (χ3n) is 13.7. The van der Waals surface area contributed by atoms with E-state index in [2.05, 4.69) is 87.8 Å². The average molecular weight is 868 g/mol. The Bertz CT molecular complexity index is 2830. The molecule has 12 heteroatoms.